The first-order chi connectivity index (χ1) is 11.7. The molecule has 3 saturated carbocycles. The van der Waals surface area contributed by atoms with Crippen LogP contribution in [0.1, 0.15) is 82.1 Å². The molecule has 3 fully saturated rings. The minimum atomic E-state index is -0.726. The van der Waals surface area contributed by atoms with Crippen LogP contribution >= 0.6 is 0 Å². The zero-order chi connectivity index (χ0) is 16.5. The Kier molecular flexibility index (Phi) is 4.92. The van der Waals surface area contributed by atoms with E-state index in [2.05, 4.69) is 0 Å². The van der Waals surface area contributed by atoms with Crippen LogP contribution in [0.15, 0.2) is 18.2 Å². The van der Waals surface area contributed by atoms with Gasteiger partial charge < -0.3 is 0 Å². The van der Waals surface area contributed by atoms with E-state index in [4.69, 9.17) is 0 Å². The highest BCUT2D eigenvalue weighted by molar-refractivity contribution is 5.22. The summed E-state index contributed by atoms with van der Waals surface area (Å²) in [5, 5.41) is 0. The summed E-state index contributed by atoms with van der Waals surface area (Å²) in [4.78, 5) is 0. The van der Waals surface area contributed by atoms with Crippen LogP contribution in [0.2, 0.25) is 0 Å². The minimum absolute atomic E-state index is 0.433. The van der Waals surface area contributed by atoms with Gasteiger partial charge in [0.2, 0.25) is 0 Å². The van der Waals surface area contributed by atoms with E-state index in [1.54, 1.807) is 6.07 Å². The summed E-state index contributed by atoms with van der Waals surface area (Å²) in [6.07, 6.45) is 15.2. The van der Waals surface area contributed by atoms with E-state index in [0.29, 0.717) is 5.92 Å². The summed E-state index contributed by atoms with van der Waals surface area (Å²) in [6, 6.07) is 4.49. The predicted octanol–water partition coefficient (Wildman–Crippen LogP) is 6.85. The molecule has 0 saturated heterocycles. The highest BCUT2D eigenvalue weighted by Crippen LogP contribution is 2.46. The molecule has 0 nitrogen and oxygen atoms in total. The second-order valence-corrected chi connectivity index (χ2v) is 8.75. The fourth-order valence-corrected chi connectivity index (χ4v) is 5.41. The fraction of sp³-hybridized carbons (Fsp3) is 0.727. The van der Waals surface area contributed by atoms with E-state index in [1.165, 1.54) is 69.9 Å². The van der Waals surface area contributed by atoms with Gasteiger partial charge in [-0.3, -0.25) is 0 Å². The molecule has 2 heteroatoms. The van der Waals surface area contributed by atoms with Crippen LogP contribution in [0.3, 0.4) is 0 Å². The van der Waals surface area contributed by atoms with Gasteiger partial charge in [0, 0.05) is 0 Å². The molecule has 0 heterocycles. The molecule has 0 aliphatic heterocycles. The Bertz CT molecular complexity index is 547. The fourth-order valence-electron chi connectivity index (χ4n) is 5.41. The molecule has 0 spiro atoms. The van der Waals surface area contributed by atoms with Gasteiger partial charge in [-0.15, -0.1) is 0 Å². The van der Waals surface area contributed by atoms with Gasteiger partial charge in [0.15, 0.2) is 11.6 Å². The molecule has 3 aliphatic carbocycles. The van der Waals surface area contributed by atoms with Crippen LogP contribution in [0.4, 0.5) is 8.78 Å². The SMILES string of the molecule is Fc1ccc(C2CCC(C3CCC(CC4CC4)CC3)CC2)cc1F. The first kappa shape index (κ1) is 16.5. The lowest BCUT2D eigenvalue weighted by Crippen LogP contribution is -2.25. The monoisotopic (exact) mass is 332 g/mol. The summed E-state index contributed by atoms with van der Waals surface area (Å²) in [7, 11) is 0. The van der Waals surface area contributed by atoms with Gasteiger partial charge in [0.05, 0.1) is 0 Å². The van der Waals surface area contributed by atoms with Gasteiger partial charge in [0.25, 0.3) is 0 Å². The van der Waals surface area contributed by atoms with Crippen molar-refractivity contribution in [1.29, 1.82) is 0 Å². The summed E-state index contributed by atoms with van der Waals surface area (Å²) >= 11 is 0. The van der Waals surface area contributed by atoms with Gasteiger partial charge in [-0.05, 0) is 92.2 Å². The van der Waals surface area contributed by atoms with Gasteiger partial charge in [0.1, 0.15) is 0 Å². The zero-order valence-corrected chi connectivity index (χ0v) is 14.7. The quantitative estimate of drug-likeness (QED) is 0.566. The van der Waals surface area contributed by atoms with E-state index in [-0.39, 0.29) is 0 Å². The molecule has 0 bridgehead atoms. The maximum absolute atomic E-state index is 13.5. The molecule has 3 aliphatic rings. The van der Waals surface area contributed by atoms with Crippen molar-refractivity contribution in [3.05, 3.63) is 35.4 Å². The molecular formula is C22H30F2. The average Bonchev–Trinajstić information content (AvgIpc) is 3.42. The van der Waals surface area contributed by atoms with E-state index < -0.39 is 11.6 Å². The number of rotatable bonds is 4. The van der Waals surface area contributed by atoms with Gasteiger partial charge >= 0.3 is 0 Å². The van der Waals surface area contributed by atoms with E-state index in [9.17, 15) is 8.78 Å². The highest BCUT2D eigenvalue weighted by Gasteiger charge is 2.33. The molecule has 0 amide bonds. The summed E-state index contributed by atoms with van der Waals surface area (Å²) < 4.78 is 26.6. The summed E-state index contributed by atoms with van der Waals surface area (Å²) in [5.41, 5.74) is 1.00. The van der Waals surface area contributed by atoms with Crippen molar-refractivity contribution >= 4 is 0 Å². The van der Waals surface area contributed by atoms with Crippen molar-refractivity contribution < 1.29 is 8.78 Å². The van der Waals surface area contributed by atoms with Crippen molar-refractivity contribution in [3.8, 4) is 0 Å². The molecule has 1 aromatic carbocycles. The summed E-state index contributed by atoms with van der Waals surface area (Å²) in [6.45, 7) is 0. The lowest BCUT2D eigenvalue weighted by atomic mass is 9.68. The van der Waals surface area contributed by atoms with E-state index in [1.807, 2.05) is 0 Å². The number of hydrogen-bond acceptors (Lipinski definition) is 0. The molecule has 132 valence electrons. The maximum Gasteiger partial charge on any atom is 0.159 e. The van der Waals surface area contributed by atoms with Crippen molar-refractivity contribution in [1.82, 2.24) is 0 Å². The predicted molar refractivity (Wildman–Crippen MR) is 93.8 cm³/mol. The first-order valence-corrected chi connectivity index (χ1v) is 10.1. The van der Waals surface area contributed by atoms with Crippen LogP contribution in [-0.2, 0) is 0 Å². The molecular weight excluding hydrogens is 302 g/mol. The Morgan fingerprint density at radius 3 is 1.75 bits per heavy atom. The molecule has 0 radical (unpaired) electrons. The highest BCUT2D eigenvalue weighted by atomic mass is 19.2. The van der Waals surface area contributed by atoms with Crippen molar-refractivity contribution in [3.63, 3.8) is 0 Å². The van der Waals surface area contributed by atoms with Gasteiger partial charge in [-0.2, -0.15) is 0 Å². The molecule has 0 N–H and O–H groups in total. The lowest BCUT2D eigenvalue weighted by Gasteiger charge is -2.38. The van der Waals surface area contributed by atoms with E-state index in [0.717, 1.165) is 42.1 Å². The van der Waals surface area contributed by atoms with Crippen molar-refractivity contribution in [2.75, 3.05) is 0 Å². The number of benzene rings is 1. The average molecular weight is 332 g/mol. The third kappa shape index (κ3) is 3.83. The minimum Gasteiger partial charge on any atom is -0.204 e. The van der Waals surface area contributed by atoms with Crippen molar-refractivity contribution in [2.45, 2.75) is 76.5 Å². The summed E-state index contributed by atoms with van der Waals surface area (Å²) in [5.74, 6) is 2.94. The molecule has 0 aromatic heterocycles. The Morgan fingerprint density at radius 1 is 0.667 bits per heavy atom. The Balaban J connectivity index is 1.26. The normalized spacial score (nSPS) is 34.2. The van der Waals surface area contributed by atoms with Gasteiger partial charge in [-0.25, -0.2) is 8.78 Å². The van der Waals surface area contributed by atoms with Crippen LogP contribution in [0.25, 0.3) is 0 Å². The zero-order valence-electron chi connectivity index (χ0n) is 14.7. The van der Waals surface area contributed by atoms with Crippen LogP contribution in [0.5, 0.6) is 0 Å². The van der Waals surface area contributed by atoms with Gasteiger partial charge in [-0.1, -0.05) is 31.7 Å². The molecule has 4 rings (SSSR count). The molecule has 0 atom stereocenters. The Morgan fingerprint density at radius 2 is 1.21 bits per heavy atom. The van der Waals surface area contributed by atoms with Crippen LogP contribution in [0, 0.1) is 35.3 Å². The van der Waals surface area contributed by atoms with E-state index >= 15 is 0 Å². The Hall–Kier alpha value is -0.920. The second-order valence-electron chi connectivity index (χ2n) is 8.75. The second kappa shape index (κ2) is 7.14. The van der Waals surface area contributed by atoms with Crippen molar-refractivity contribution in [2.24, 2.45) is 23.7 Å². The lowest BCUT2D eigenvalue weighted by molar-refractivity contribution is 0.154. The van der Waals surface area contributed by atoms with Crippen LogP contribution in [-0.4, -0.2) is 0 Å². The third-order valence-electron chi connectivity index (χ3n) is 7.11. The smallest absolute Gasteiger partial charge is 0.159 e. The largest absolute Gasteiger partial charge is 0.204 e. The third-order valence-corrected chi connectivity index (χ3v) is 7.11. The standard InChI is InChI=1S/C22H30F2/c23-21-12-11-20(14-22(21)24)19-9-7-18(8-10-19)17-5-3-16(4-6-17)13-15-1-2-15/h11-12,14-19H,1-10,13H2. The Labute approximate surface area is 145 Å². The number of halogens is 2. The van der Waals surface area contributed by atoms with Crippen LogP contribution < -0.4 is 0 Å². The first-order valence-electron chi connectivity index (χ1n) is 10.1. The topological polar surface area (TPSA) is 0 Å². The molecule has 0 unspecified atom stereocenters. The molecule has 1 aromatic rings. The number of hydrogen-bond donors (Lipinski definition) is 0. The maximum atomic E-state index is 13.5. The molecule has 24 heavy (non-hydrogen) atoms.